The van der Waals surface area contributed by atoms with Gasteiger partial charge in [-0.3, -0.25) is 0 Å². The fourth-order valence-corrected chi connectivity index (χ4v) is 0.942. The van der Waals surface area contributed by atoms with Gasteiger partial charge in [0.1, 0.15) is 0 Å². The molecule has 14 heavy (non-hydrogen) atoms. The van der Waals surface area contributed by atoms with Crippen molar-refractivity contribution in [1.82, 2.24) is 9.78 Å². The maximum absolute atomic E-state index is 10.6. The van der Waals surface area contributed by atoms with Crippen LogP contribution in [0, 0.1) is 5.92 Å². The molecule has 5 heteroatoms. The monoisotopic (exact) mass is 198 g/mol. The Morgan fingerprint density at radius 3 is 2.79 bits per heavy atom. The molecule has 5 nitrogen and oxygen atoms in total. The lowest BCUT2D eigenvalue weighted by Gasteiger charge is -2.07. The summed E-state index contributed by atoms with van der Waals surface area (Å²) in [6.07, 6.45) is 0. The standard InChI is InChI=1S/C9H14N2O3/c1-6(2)5-14-8-4-7(9(12)13)10-11(8)3/h4,6H,5H2,1-3H3,(H,12,13). The molecular formula is C9H14N2O3. The molecule has 0 saturated carbocycles. The summed E-state index contributed by atoms with van der Waals surface area (Å²) < 4.78 is 6.79. The van der Waals surface area contributed by atoms with Crippen LogP contribution in [0.1, 0.15) is 24.3 Å². The molecule has 0 fully saturated rings. The second kappa shape index (κ2) is 4.13. The van der Waals surface area contributed by atoms with E-state index < -0.39 is 5.97 Å². The average Bonchev–Trinajstić information content (AvgIpc) is 2.43. The van der Waals surface area contributed by atoms with E-state index in [2.05, 4.69) is 5.10 Å². The van der Waals surface area contributed by atoms with E-state index in [9.17, 15) is 4.79 Å². The van der Waals surface area contributed by atoms with E-state index in [4.69, 9.17) is 9.84 Å². The number of hydrogen-bond donors (Lipinski definition) is 1. The highest BCUT2D eigenvalue weighted by Gasteiger charge is 2.11. The van der Waals surface area contributed by atoms with E-state index in [1.165, 1.54) is 10.7 Å². The van der Waals surface area contributed by atoms with Gasteiger partial charge in [-0.25, -0.2) is 9.48 Å². The molecule has 0 bridgehead atoms. The summed E-state index contributed by atoms with van der Waals surface area (Å²) in [6.45, 7) is 4.60. The summed E-state index contributed by atoms with van der Waals surface area (Å²) in [5, 5.41) is 12.4. The van der Waals surface area contributed by atoms with Gasteiger partial charge in [0.2, 0.25) is 5.88 Å². The molecule has 0 amide bonds. The lowest BCUT2D eigenvalue weighted by Crippen LogP contribution is -2.07. The SMILES string of the molecule is CC(C)COc1cc(C(=O)O)nn1C. The number of carboxylic acid groups (broad SMARTS) is 1. The molecule has 0 saturated heterocycles. The predicted octanol–water partition coefficient (Wildman–Crippen LogP) is 1.15. The van der Waals surface area contributed by atoms with Gasteiger partial charge in [0, 0.05) is 13.1 Å². The summed E-state index contributed by atoms with van der Waals surface area (Å²) in [5.74, 6) is -0.158. The fraction of sp³-hybridized carbons (Fsp3) is 0.556. The van der Waals surface area contributed by atoms with Crippen LogP contribution in [-0.2, 0) is 7.05 Å². The number of aromatic nitrogens is 2. The van der Waals surface area contributed by atoms with Crippen LogP contribution in [0.5, 0.6) is 5.88 Å². The van der Waals surface area contributed by atoms with Crippen LogP contribution < -0.4 is 4.74 Å². The Morgan fingerprint density at radius 1 is 1.71 bits per heavy atom. The van der Waals surface area contributed by atoms with Gasteiger partial charge in [-0.2, -0.15) is 5.10 Å². The van der Waals surface area contributed by atoms with Crippen molar-refractivity contribution < 1.29 is 14.6 Å². The molecule has 0 radical (unpaired) electrons. The van der Waals surface area contributed by atoms with Crippen molar-refractivity contribution in [1.29, 1.82) is 0 Å². The Labute approximate surface area is 82.3 Å². The van der Waals surface area contributed by atoms with Crippen molar-refractivity contribution in [3.63, 3.8) is 0 Å². The quantitative estimate of drug-likeness (QED) is 0.788. The Balaban J connectivity index is 2.72. The molecule has 1 aromatic rings. The number of hydrogen-bond acceptors (Lipinski definition) is 3. The Kier molecular flexibility index (Phi) is 3.11. The van der Waals surface area contributed by atoms with Crippen molar-refractivity contribution in [3.05, 3.63) is 11.8 Å². The first kappa shape index (κ1) is 10.6. The van der Waals surface area contributed by atoms with Gasteiger partial charge in [-0.15, -0.1) is 0 Å². The molecule has 0 aliphatic heterocycles. The highest BCUT2D eigenvalue weighted by Crippen LogP contribution is 2.12. The third-order valence-corrected chi connectivity index (χ3v) is 1.62. The van der Waals surface area contributed by atoms with Gasteiger partial charge < -0.3 is 9.84 Å². The summed E-state index contributed by atoms with van der Waals surface area (Å²) in [5.41, 5.74) is 0.00579. The van der Waals surface area contributed by atoms with Gasteiger partial charge in [-0.05, 0) is 5.92 Å². The maximum Gasteiger partial charge on any atom is 0.356 e. The molecule has 0 atom stereocenters. The molecule has 78 valence electrons. The normalized spacial score (nSPS) is 10.6. The zero-order chi connectivity index (χ0) is 10.7. The van der Waals surface area contributed by atoms with Crippen molar-refractivity contribution >= 4 is 5.97 Å². The predicted molar refractivity (Wildman–Crippen MR) is 50.5 cm³/mol. The van der Waals surface area contributed by atoms with E-state index in [0.29, 0.717) is 18.4 Å². The molecule has 0 aliphatic rings. The number of carbonyl (C=O) groups is 1. The first-order valence-corrected chi connectivity index (χ1v) is 4.41. The van der Waals surface area contributed by atoms with E-state index in [-0.39, 0.29) is 5.69 Å². The number of aryl methyl sites for hydroxylation is 1. The van der Waals surface area contributed by atoms with Crippen LogP contribution in [-0.4, -0.2) is 27.5 Å². The Hall–Kier alpha value is -1.52. The second-order valence-electron chi connectivity index (χ2n) is 3.50. The average molecular weight is 198 g/mol. The number of aromatic carboxylic acids is 1. The van der Waals surface area contributed by atoms with Crippen LogP contribution >= 0.6 is 0 Å². The van der Waals surface area contributed by atoms with Crippen LogP contribution in [0.15, 0.2) is 6.07 Å². The topological polar surface area (TPSA) is 64.3 Å². The molecule has 1 aromatic heterocycles. The molecule has 0 aliphatic carbocycles. The molecule has 0 unspecified atom stereocenters. The number of ether oxygens (including phenoxy) is 1. The first-order valence-electron chi connectivity index (χ1n) is 4.41. The van der Waals surface area contributed by atoms with Gasteiger partial charge in [0.05, 0.1) is 6.61 Å². The van der Waals surface area contributed by atoms with E-state index in [1.54, 1.807) is 7.05 Å². The van der Waals surface area contributed by atoms with Crippen molar-refractivity contribution in [2.45, 2.75) is 13.8 Å². The summed E-state index contributed by atoms with van der Waals surface area (Å²) >= 11 is 0. The number of nitrogens with zero attached hydrogens (tertiary/aromatic N) is 2. The van der Waals surface area contributed by atoms with Crippen molar-refractivity contribution in [2.24, 2.45) is 13.0 Å². The minimum Gasteiger partial charge on any atom is -0.478 e. The van der Waals surface area contributed by atoms with Crippen LogP contribution in [0.2, 0.25) is 0 Å². The summed E-state index contributed by atoms with van der Waals surface area (Å²) in [6, 6.07) is 1.42. The zero-order valence-corrected chi connectivity index (χ0v) is 8.52. The third kappa shape index (κ3) is 2.48. The summed E-state index contributed by atoms with van der Waals surface area (Å²) in [4.78, 5) is 10.6. The maximum atomic E-state index is 10.6. The highest BCUT2D eigenvalue weighted by molar-refractivity contribution is 5.85. The smallest absolute Gasteiger partial charge is 0.356 e. The number of rotatable bonds is 4. The van der Waals surface area contributed by atoms with Gasteiger partial charge in [0.25, 0.3) is 0 Å². The zero-order valence-electron chi connectivity index (χ0n) is 8.52. The van der Waals surface area contributed by atoms with Gasteiger partial charge in [0.15, 0.2) is 5.69 Å². The van der Waals surface area contributed by atoms with Crippen LogP contribution in [0.25, 0.3) is 0 Å². The Morgan fingerprint density at radius 2 is 2.36 bits per heavy atom. The molecule has 1 heterocycles. The lowest BCUT2D eigenvalue weighted by atomic mass is 10.2. The van der Waals surface area contributed by atoms with E-state index in [1.807, 2.05) is 13.8 Å². The minimum atomic E-state index is -1.04. The molecular weight excluding hydrogens is 184 g/mol. The largest absolute Gasteiger partial charge is 0.478 e. The Bertz CT molecular complexity index is 331. The van der Waals surface area contributed by atoms with E-state index >= 15 is 0 Å². The first-order chi connectivity index (χ1) is 6.50. The third-order valence-electron chi connectivity index (χ3n) is 1.62. The fourth-order valence-electron chi connectivity index (χ4n) is 0.942. The van der Waals surface area contributed by atoms with Crippen molar-refractivity contribution in [3.8, 4) is 5.88 Å². The van der Waals surface area contributed by atoms with Crippen LogP contribution in [0.3, 0.4) is 0 Å². The van der Waals surface area contributed by atoms with Gasteiger partial charge >= 0.3 is 5.97 Å². The molecule has 1 rings (SSSR count). The highest BCUT2D eigenvalue weighted by atomic mass is 16.5. The van der Waals surface area contributed by atoms with Crippen LogP contribution in [0.4, 0.5) is 0 Å². The second-order valence-corrected chi connectivity index (χ2v) is 3.50. The number of carboxylic acids is 1. The molecule has 0 aromatic carbocycles. The van der Waals surface area contributed by atoms with Crippen molar-refractivity contribution in [2.75, 3.05) is 6.61 Å². The van der Waals surface area contributed by atoms with E-state index in [0.717, 1.165) is 0 Å². The molecule has 0 spiro atoms. The minimum absolute atomic E-state index is 0.00579. The molecule has 1 N–H and O–H groups in total. The lowest BCUT2D eigenvalue weighted by molar-refractivity contribution is 0.0689. The summed E-state index contributed by atoms with van der Waals surface area (Å²) in [7, 11) is 1.65. The van der Waals surface area contributed by atoms with Gasteiger partial charge in [-0.1, -0.05) is 13.8 Å².